The number of carbonyl (C=O) groups is 4. The molecule has 114 heavy (non-hydrogen) atoms. The number of rotatable bonds is 29. The molecule has 0 aliphatic heterocycles. The number of H-pyrrole nitrogens is 3. The van der Waals surface area contributed by atoms with Crippen molar-refractivity contribution >= 4 is 67.8 Å². The van der Waals surface area contributed by atoms with Crippen LogP contribution in [-0.4, -0.2) is 140 Å². The minimum atomic E-state index is -0.929. The minimum Gasteiger partial charge on any atom is -0.506 e. The van der Waals surface area contributed by atoms with Crippen molar-refractivity contribution in [3.05, 3.63) is 209 Å². The van der Waals surface area contributed by atoms with Gasteiger partial charge in [0.05, 0.1) is 119 Å². The summed E-state index contributed by atoms with van der Waals surface area (Å²) in [7, 11) is 8.97. The number of para-hydroxylation sites is 3. The number of aliphatic carboxylic acids is 1. The van der Waals surface area contributed by atoms with E-state index in [1.54, 1.807) is 106 Å². The number of aromatic amines is 3. The van der Waals surface area contributed by atoms with E-state index in [4.69, 9.17) is 57.7 Å². The maximum absolute atomic E-state index is 13.3. The second-order valence-electron chi connectivity index (χ2n) is 25.0. The molecule has 594 valence electrons. The lowest BCUT2D eigenvalue weighted by Gasteiger charge is -2.19. The summed E-state index contributed by atoms with van der Waals surface area (Å²) in [6.07, 6.45) is 4.55. The molecular weight excluding hydrogens is 1500 g/mol. The summed E-state index contributed by atoms with van der Waals surface area (Å²) in [6.45, 7) is 5.87. The van der Waals surface area contributed by atoms with Crippen LogP contribution in [0.15, 0.2) is 155 Å². The highest BCUT2D eigenvalue weighted by Crippen LogP contribution is 2.49. The van der Waals surface area contributed by atoms with Crippen LogP contribution in [0.25, 0.3) is 76.9 Å². The van der Waals surface area contributed by atoms with Gasteiger partial charge >= 0.3 is 5.97 Å². The van der Waals surface area contributed by atoms with Crippen molar-refractivity contribution in [3.8, 4) is 95.7 Å². The molecule has 0 unspecified atom stereocenters. The molecule has 2 amide bonds. The van der Waals surface area contributed by atoms with Crippen molar-refractivity contribution in [2.24, 2.45) is 5.84 Å². The van der Waals surface area contributed by atoms with Gasteiger partial charge in [0, 0.05) is 40.6 Å². The maximum atomic E-state index is 13.3. The van der Waals surface area contributed by atoms with Gasteiger partial charge in [0.1, 0.15) is 79.1 Å². The molecule has 32 nitrogen and oxygen atoms in total. The van der Waals surface area contributed by atoms with Crippen molar-refractivity contribution in [2.45, 2.75) is 85.2 Å². The lowest BCUT2D eigenvalue weighted by Crippen LogP contribution is -2.35. The number of nitrogens with two attached hydrogens (primary N) is 1. The summed E-state index contributed by atoms with van der Waals surface area (Å²) < 4.78 is 53.9. The molecule has 0 saturated heterocycles. The van der Waals surface area contributed by atoms with Crippen molar-refractivity contribution in [1.82, 2.24) is 51.4 Å². The number of ketones is 1. The smallest absolute Gasteiger partial charge is 0.309 e. The third-order valence-electron chi connectivity index (χ3n) is 17.9. The van der Waals surface area contributed by atoms with Crippen molar-refractivity contribution < 1.29 is 86.3 Å². The Kier molecular flexibility index (Phi) is 28.2. The number of amides is 2. The van der Waals surface area contributed by atoms with Gasteiger partial charge in [0.2, 0.25) is 0 Å². The van der Waals surface area contributed by atoms with Crippen LogP contribution in [0.2, 0.25) is 0 Å². The summed E-state index contributed by atoms with van der Waals surface area (Å²) in [5.74, 6) is 3.38. The Morgan fingerprint density at radius 3 is 1.30 bits per heavy atom. The maximum Gasteiger partial charge on any atom is 0.309 e. The van der Waals surface area contributed by atoms with E-state index in [-0.39, 0.29) is 59.9 Å². The number of aromatic nitrogens is 8. The average Bonchev–Trinajstić information content (AvgIpc) is 1.14. The number of ether oxygens (including phenoxy) is 7. The zero-order chi connectivity index (χ0) is 81.7. The summed E-state index contributed by atoms with van der Waals surface area (Å²) >= 11 is 1.22. The molecule has 7 heterocycles. The number of nitrogens with one attached hydrogen (secondary N) is 5. The van der Waals surface area contributed by atoms with Gasteiger partial charge in [-0.3, -0.25) is 39.0 Å². The predicted octanol–water partition coefficient (Wildman–Crippen LogP) is 11.5. The SMILES string of the molecule is CCCCc1[nH]c(=O)c(-c2nnc(Cc3noc4ccccc34)s2)c(O)c1-c1c(OC)cccc1OC.CCCCc1[nH]c(=O)c(C(=O)NCC(=O)Cc2noc3ccccc23)c(O)c1-c1c(OC)cccc1OC.CCOCc1[nH]c(=O)c(C(=O)NN)c(O)c1-c1c(OC)cccc1OC.O=C(O)Cc1noc2ccccc12. The van der Waals surface area contributed by atoms with Gasteiger partial charge in [-0.2, -0.15) is 0 Å². The average molecular weight is 1580 g/mol. The fourth-order valence-electron chi connectivity index (χ4n) is 12.5. The van der Waals surface area contributed by atoms with E-state index in [0.29, 0.717) is 138 Å². The quantitative estimate of drug-likeness (QED) is 0.0118. The zero-order valence-corrected chi connectivity index (χ0v) is 64.4. The number of Topliss-reactive ketones (excluding diaryl/α,β-unsaturated/α-hetero) is 1. The molecule has 0 bridgehead atoms. The number of hydrazine groups is 1. The summed E-state index contributed by atoms with van der Waals surface area (Å²) in [5, 5.41) is 68.2. The molecule has 0 aliphatic carbocycles. The van der Waals surface area contributed by atoms with E-state index in [0.717, 1.165) is 42.1 Å². The van der Waals surface area contributed by atoms with Gasteiger partial charge in [-0.25, -0.2) is 5.84 Å². The molecule has 33 heteroatoms. The van der Waals surface area contributed by atoms with Crippen LogP contribution in [0.3, 0.4) is 0 Å². The van der Waals surface area contributed by atoms with Crippen LogP contribution in [0, 0.1) is 0 Å². The molecule has 0 spiro atoms. The predicted molar refractivity (Wildman–Crippen MR) is 422 cm³/mol. The monoisotopic (exact) mass is 1580 g/mol. The van der Waals surface area contributed by atoms with E-state index in [1.165, 1.54) is 39.8 Å². The number of pyridine rings is 3. The molecule has 0 saturated carbocycles. The third kappa shape index (κ3) is 18.5. The second-order valence-corrected chi connectivity index (χ2v) is 26.1. The number of nitrogen functional groups attached to an aromatic ring is 1. The van der Waals surface area contributed by atoms with Gasteiger partial charge in [-0.1, -0.05) is 108 Å². The number of aromatic hydroxyl groups is 3. The molecule has 13 aromatic rings. The van der Waals surface area contributed by atoms with Crippen LogP contribution >= 0.6 is 11.3 Å². The minimum absolute atomic E-state index is 0.000357. The number of hydrogen-bond donors (Lipinski definition) is 10. The van der Waals surface area contributed by atoms with Crippen LogP contribution in [0.4, 0.5) is 0 Å². The van der Waals surface area contributed by atoms with E-state index in [1.807, 2.05) is 54.8 Å². The number of methoxy groups -OCH3 is 6. The standard InChI is InChI=1S/C28H29N3O7.C27H26N4O5S.C17H21N3O6.C9H7NO3/c1-4-5-10-18-23(24-21(36-2)12-8-13-22(24)37-3)26(33)25(28(35)30-18)27(34)29-15-16(32)14-19-17-9-6-7-11-20(17)38-31-19;1-4-5-10-16-22(23-19(34-2)12-8-13-20(23)35-3)25(32)24(26(33)28-16)27-30-29-21(37-27)14-17-15-9-6-7-11-18(15)36-31-17;1-4-26-8-9-12(13-10(24-2)6-5-7-11(13)25-3)15(21)14(16(22)19-9)17(23)20-18;11-9(12)5-7-6-3-1-2-4-8(6)13-10-7/h6-9,11-13H,4-5,10,14-15H2,1-3H3,(H,29,34)(H2,30,33,35);6-9,11-13H,4-5,10,14H2,1-3H3,(H2,28,32,33);5-7H,4,8,18H2,1-3H3,(H,20,23)(H2,19,21,22);1-4H,5H2,(H,11,12). The molecule has 11 N–H and O–H groups in total. The number of aryl methyl sites for hydroxylation is 2. The number of unbranched alkanes of at least 4 members (excludes halogenated alkanes) is 2. The highest BCUT2D eigenvalue weighted by molar-refractivity contribution is 7.14. The molecule has 6 aromatic carbocycles. The molecule has 0 fully saturated rings. The lowest BCUT2D eigenvalue weighted by molar-refractivity contribution is -0.136. The number of benzene rings is 6. The van der Waals surface area contributed by atoms with E-state index in [2.05, 4.69) is 52.9 Å². The van der Waals surface area contributed by atoms with Gasteiger partial charge in [-0.15, -0.1) is 10.2 Å². The largest absolute Gasteiger partial charge is 0.506 e. The Hall–Kier alpha value is -13.7. The first-order chi connectivity index (χ1) is 55.2. The van der Waals surface area contributed by atoms with E-state index < -0.39 is 57.1 Å². The number of nitrogens with zero attached hydrogens (tertiary/aromatic N) is 5. The Balaban J connectivity index is 0.000000170. The summed E-state index contributed by atoms with van der Waals surface area (Å²) in [6, 6.07) is 37.4. The topological polar surface area (TPSA) is 466 Å². The van der Waals surface area contributed by atoms with Crippen LogP contribution in [0.1, 0.15) is 106 Å². The highest BCUT2D eigenvalue weighted by atomic mass is 32.1. The first-order valence-corrected chi connectivity index (χ1v) is 36.5. The highest BCUT2D eigenvalue weighted by Gasteiger charge is 2.32. The van der Waals surface area contributed by atoms with Crippen LogP contribution < -0.4 is 61.7 Å². The molecule has 0 radical (unpaired) electrons. The van der Waals surface area contributed by atoms with Crippen molar-refractivity contribution in [1.29, 1.82) is 0 Å². The van der Waals surface area contributed by atoms with Crippen LogP contribution in [0.5, 0.6) is 51.7 Å². The fourth-order valence-corrected chi connectivity index (χ4v) is 13.4. The fraction of sp³-hybridized carbons (Fsp3) is 0.259. The molecule has 13 rings (SSSR count). The molecular formula is C81H83N11O21S. The van der Waals surface area contributed by atoms with Crippen molar-refractivity contribution in [3.63, 3.8) is 0 Å². The first-order valence-electron chi connectivity index (χ1n) is 35.7. The Morgan fingerprint density at radius 2 is 0.868 bits per heavy atom. The Morgan fingerprint density at radius 1 is 0.474 bits per heavy atom. The number of carbonyl (C=O) groups excluding carboxylic acids is 3. The number of fused-ring (bicyclic) bond motifs is 3. The molecule has 0 atom stereocenters. The van der Waals surface area contributed by atoms with Gasteiger partial charge in [-0.05, 0) is 105 Å². The Bertz CT molecular complexity index is 5730. The summed E-state index contributed by atoms with van der Waals surface area (Å²) in [4.78, 5) is 94.9. The summed E-state index contributed by atoms with van der Waals surface area (Å²) in [5.41, 5.74) is 5.91. The van der Waals surface area contributed by atoms with Crippen molar-refractivity contribution in [2.75, 3.05) is 55.8 Å². The zero-order valence-electron chi connectivity index (χ0n) is 63.6. The first kappa shape index (κ1) is 82.8. The number of hydrogen-bond acceptors (Lipinski definition) is 27. The van der Waals surface area contributed by atoms with Gasteiger partial charge in [0.15, 0.2) is 27.5 Å². The number of carboxylic acid groups (broad SMARTS) is 1. The van der Waals surface area contributed by atoms with Crippen LogP contribution in [-0.2, 0) is 53.0 Å². The normalized spacial score (nSPS) is 10.9. The van der Waals surface area contributed by atoms with E-state index in [9.17, 15) is 48.9 Å². The second kappa shape index (κ2) is 38.8. The van der Waals surface area contributed by atoms with Gasteiger partial charge in [0.25, 0.3) is 28.5 Å². The van der Waals surface area contributed by atoms with Gasteiger partial charge < -0.3 is 87.4 Å². The Labute approximate surface area is 653 Å². The molecule has 7 aromatic heterocycles. The lowest BCUT2D eigenvalue weighted by atomic mass is 9.95. The third-order valence-corrected chi connectivity index (χ3v) is 18.9. The van der Waals surface area contributed by atoms with E-state index >= 15 is 0 Å². The number of carboxylic acids is 1. The molecule has 0 aliphatic rings.